The Labute approximate surface area is 148 Å². The number of hydrogen-bond donors (Lipinski definition) is 1. The van der Waals surface area contributed by atoms with E-state index < -0.39 is 18.0 Å². The fraction of sp³-hybridized carbons (Fsp3) is 0.278. The third-order valence-electron chi connectivity index (χ3n) is 3.44. The van der Waals surface area contributed by atoms with Crippen molar-refractivity contribution in [1.29, 1.82) is 0 Å². The summed E-state index contributed by atoms with van der Waals surface area (Å²) in [6.07, 6.45) is -4.41. The molecule has 8 heteroatoms. The summed E-state index contributed by atoms with van der Waals surface area (Å²) in [4.78, 5) is 12.1. The van der Waals surface area contributed by atoms with Gasteiger partial charge in [0.2, 0.25) is 5.91 Å². The second-order valence-corrected chi connectivity index (χ2v) is 5.31. The highest BCUT2D eigenvalue weighted by molar-refractivity contribution is 5.92. The van der Waals surface area contributed by atoms with Crippen LogP contribution in [0.3, 0.4) is 0 Å². The van der Waals surface area contributed by atoms with Gasteiger partial charge in [-0.2, -0.15) is 0 Å². The molecule has 2 aromatic carbocycles. The molecule has 0 aliphatic carbocycles. The molecule has 1 N–H and O–H groups in total. The van der Waals surface area contributed by atoms with Crippen molar-refractivity contribution in [1.82, 2.24) is 0 Å². The highest BCUT2D eigenvalue weighted by atomic mass is 19.4. The zero-order valence-corrected chi connectivity index (χ0v) is 14.2. The van der Waals surface area contributed by atoms with E-state index in [0.29, 0.717) is 17.9 Å². The van der Waals surface area contributed by atoms with Gasteiger partial charge in [0.25, 0.3) is 0 Å². The molecule has 140 valence electrons. The van der Waals surface area contributed by atoms with Crippen LogP contribution in [0, 0.1) is 0 Å². The number of amides is 1. The van der Waals surface area contributed by atoms with E-state index in [0.717, 1.165) is 11.6 Å². The first-order chi connectivity index (χ1) is 12.3. The minimum atomic E-state index is -4.84. The molecule has 0 bridgehead atoms. The molecule has 0 spiro atoms. The number of anilines is 1. The zero-order valence-electron chi connectivity index (χ0n) is 14.2. The Morgan fingerprint density at radius 1 is 1.04 bits per heavy atom. The van der Waals surface area contributed by atoms with E-state index in [9.17, 15) is 18.0 Å². The smallest absolute Gasteiger partial charge is 0.497 e. The molecule has 0 aliphatic heterocycles. The monoisotopic (exact) mass is 369 g/mol. The quantitative estimate of drug-likeness (QED) is 0.796. The van der Waals surface area contributed by atoms with Crippen molar-refractivity contribution >= 4 is 11.6 Å². The van der Waals surface area contributed by atoms with Gasteiger partial charge in [-0.15, -0.1) is 13.2 Å². The second kappa shape index (κ2) is 8.46. The molecular weight excluding hydrogens is 351 g/mol. The van der Waals surface area contributed by atoms with E-state index in [4.69, 9.17) is 9.47 Å². The van der Waals surface area contributed by atoms with Gasteiger partial charge in [-0.1, -0.05) is 12.1 Å². The third kappa shape index (κ3) is 5.87. The van der Waals surface area contributed by atoms with Crippen molar-refractivity contribution in [3.8, 4) is 17.2 Å². The Kier molecular flexibility index (Phi) is 6.32. The first kappa shape index (κ1) is 19.4. The van der Waals surface area contributed by atoms with Gasteiger partial charge in [0, 0.05) is 12.5 Å². The summed E-state index contributed by atoms with van der Waals surface area (Å²) in [5.74, 6) is 0.272. The highest BCUT2D eigenvalue weighted by Gasteiger charge is 2.32. The summed E-state index contributed by atoms with van der Waals surface area (Å²) in [7, 11) is 3.03. The Bertz CT molecular complexity index is 740. The molecule has 5 nitrogen and oxygen atoms in total. The normalized spacial score (nSPS) is 11.0. The van der Waals surface area contributed by atoms with Gasteiger partial charge >= 0.3 is 6.36 Å². The van der Waals surface area contributed by atoms with Crippen molar-refractivity contribution < 1.29 is 32.2 Å². The summed E-state index contributed by atoms with van der Waals surface area (Å²) in [5.41, 5.74) is 0.759. The number of ether oxygens (including phenoxy) is 3. The third-order valence-corrected chi connectivity index (χ3v) is 3.44. The number of carbonyl (C=O) groups excluding carboxylic acids is 1. The van der Waals surface area contributed by atoms with E-state index in [2.05, 4.69) is 10.1 Å². The van der Waals surface area contributed by atoms with Gasteiger partial charge in [-0.05, 0) is 36.2 Å². The molecule has 2 aromatic rings. The van der Waals surface area contributed by atoms with Crippen molar-refractivity contribution in [2.45, 2.75) is 19.2 Å². The standard InChI is InChI=1S/C18H18F3NO4/c1-24-13-9-12(10-14(11-13)25-2)7-8-17(23)22-15-5-3-4-6-16(15)26-18(19,20)21/h3-6,9-11H,7-8H2,1-2H3,(H,22,23). The first-order valence-electron chi connectivity index (χ1n) is 7.67. The predicted molar refractivity (Wildman–Crippen MR) is 89.6 cm³/mol. The van der Waals surface area contributed by atoms with E-state index in [1.807, 2.05) is 0 Å². The topological polar surface area (TPSA) is 56.8 Å². The number of methoxy groups -OCH3 is 2. The van der Waals surface area contributed by atoms with Crippen LogP contribution >= 0.6 is 0 Å². The van der Waals surface area contributed by atoms with Crippen LogP contribution in [0.4, 0.5) is 18.9 Å². The molecule has 0 radical (unpaired) electrons. The maximum atomic E-state index is 12.4. The van der Waals surface area contributed by atoms with Crippen LogP contribution in [0.25, 0.3) is 0 Å². The van der Waals surface area contributed by atoms with Gasteiger partial charge in [0.05, 0.1) is 19.9 Å². The number of para-hydroxylation sites is 2. The van der Waals surface area contributed by atoms with Crippen LogP contribution in [-0.4, -0.2) is 26.5 Å². The Morgan fingerprint density at radius 2 is 1.65 bits per heavy atom. The van der Waals surface area contributed by atoms with Crippen molar-refractivity contribution in [2.75, 3.05) is 19.5 Å². The Morgan fingerprint density at radius 3 is 2.23 bits per heavy atom. The molecule has 0 saturated carbocycles. The lowest BCUT2D eigenvalue weighted by atomic mass is 10.1. The maximum Gasteiger partial charge on any atom is 0.573 e. The summed E-state index contributed by atoms with van der Waals surface area (Å²) < 4.78 is 51.5. The number of benzene rings is 2. The molecule has 1 amide bonds. The number of hydrogen-bond acceptors (Lipinski definition) is 4. The van der Waals surface area contributed by atoms with Crippen molar-refractivity contribution in [3.63, 3.8) is 0 Å². The average molecular weight is 369 g/mol. The van der Waals surface area contributed by atoms with Crippen LogP contribution in [-0.2, 0) is 11.2 Å². The van der Waals surface area contributed by atoms with E-state index in [-0.39, 0.29) is 12.1 Å². The maximum absolute atomic E-state index is 12.4. The van der Waals surface area contributed by atoms with E-state index in [1.165, 1.54) is 32.4 Å². The molecule has 26 heavy (non-hydrogen) atoms. The Balaban J connectivity index is 2.02. The SMILES string of the molecule is COc1cc(CCC(=O)Nc2ccccc2OC(F)(F)F)cc(OC)c1. The average Bonchev–Trinajstić information content (AvgIpc) is 2.60. The van der Waals surface area contributed by atoms with Crippen molar-refractivity contribution in [3.05, 3.63) is 48.0 Å². The largest absolute Gasteiger partial charge is 0.573 e. The molecule has 0 aromatic heterocycles. The number of halogens is 3. The summed E-state index contributed by atoms with van der Waals surface area (Å²) in [6, 6.07) is 10.6. The zero-order chi connectivity index (χ0) is 19.2. The number of alkyl halides is 3. The molecule has 0 heterocycles. The van der Waals surface area contributed by atoms with Crippen LogP contribution in [0.15, 0.2) is 42.5 Å². The van der Waals surface area contributed by atoms with Crippen LogP contribution in [0.5, 0.6) is 17.2 Å². The van der Waals surface area contributed by atoms with E-state index in [1.54, 1.807) is 18.2 Å². The first-order valence-corrected chi connectivity index (χ1v) is 7.67. The fourth-order valence-electron chi connectivity index (χ4n) is 2.26. The molecule has 0 fully saturated rings. The summed E-state index contributed by atoms with van der Waals surface area (Å²) >= 11 is 0. The molecule has 0 aliphatic rings. The van der Waals surface area contributed by atoms with E-state index >= 15 is 0 Å². The minimum Gasteiger partial charge on any atom is -0.497 e. The number of aryl methyl sites for hydroxylation is 1. The lowest BCUT2D eigenvalue weighted by Crippen LogP contribution is -2.19. The number of nitrogens with one attached hydrogen (secondary N) is 1. The lowest BCUT2D eigenvalue weighted by molar-refractivity contribution is -0.274. The molecule has 0 saturated heterocycles. The van der Waals surface area contributed by atoms with Crippen LogP contribution in [0.1, 0.15) is 12.0 Å². The molecule has 0 atom stereocenters. The van der Waals surface area contributed by atoms with Gasteiger partial charge in [0.15, 0.2) is 5.75 Å². The lowest BCUT2D eigenvalue weighted by Gasteiger charge is -2.14. The van der Waals surface area contributed by atoms with Gasteiger partial charge in [-0.25, -0.2) is 0 Å². The summed E-state index contributed by atoms with van der Waals surface area (Å²) in [6.45, 7) is 0. The molecule has 0 unspecified atom stereocenters. The fourth-order valence-corrected chi connectivity index (χ4v) is 2.26. The van der Waals surface area contributed by atoms with Gasteiger partial charge in [0.1, 0.15) is 11.5 Å². The van der Waals surface area contributed by atoms with Gasteiger partial charge < -0.3 is 19.5 Å². The number of rotatable bonds is 7. The second-order valence-electron chi connectivity index (χ2n) is 5.31. The van der Waals surface area contributed by atoms with Gasteiger partial charge in [-0.3, -0.25) is 4.79 Å². The highest BCUT2D eigenvalue weighted by Crippen LogP contribution is 2.30. The minimum absolute atomic E-state index is 0.0435. The molecular formula is C18H18F3NO4. The van der Waals surface area contributed by atoms with Crippen LogP contribution in [0.2, 0.25) is 0 Å². The van der Waals surface area contributed by atoms with Crippen molar-refractivity contribution in [2.24, 2.45) is 0 Å². The Hall–Kier alpha value is -2.90. The number of carbonyl (C=O) groups is 1. The predicted octanol–water partition coefficient (Wildman–Crippen LogP) is 4.17. The molecule has 2 rings (SSSR count). The summed E-state index contributed by atoms with van der Waals surface area (Å²) in [5, 5.41) is 2.43. The van der Waals surface area contributed by atoms with Crippen LogP contribution < -0.4 is 19.5 Å².